The van der Waals surface area contributed by atoms with E-state index in [0.717, 1.165) is 11.1 Å². The second kappa shape index (κ2) is 8.81. The van der Waals surface area contributed by atoms with Crippen molar-refractivity contribution in [1.82, 2.24) is 19.5 Å². The van der Waals surface area contributed by atoms with Crippen LogP contribution in [0.5, 0.6) is 0 Å². The Kier molecular flexibility index (Phi) is 6.69. The summed E-state index contributed by atoms with van der Waals surface area (Å²) in [5.74, 6) is 0.0664. The molecule has 0 aromatic heterocycles. The molecular weight excluding hydrogens is 451 g/mol. The van der Waals surface area contributed by atoms with Crippen LogP contribution >= 0.6 is 20.0 Å². The van der Waals surface area contributed by atoms with Crippen LogP contribution in [0, 0.1) is 18.5 Å². The molecule has 2 heterocycles. The SMILES string of the molecule is Cc1cc2nc3c(=S)[nH]c(=O)nc-3n(C[C@H](O)[C@H](O)[C@H](O)COP(=O)(O)O)c2cc1C. The van der Waals surface area contributed by atoms with Gasteiger partial charge in [0.2, 0.25) is 0 Å². The van der Waals surface area contributed by atoms with Crippen molar-refractivity contribution in [2.75, 3.05) is 6.61 Å². The van der Waals surface area contributed by atoms with Gasteiger partial charge in [-0.1, -0.05) is 12.2 Å². The fourth-order valence-corrected chi connectivity index (χ4v) is 3.63. The Balaban J connectivity index is 2.06. The van der Waals surface area contributed by atoms with Gasteiger partial charge in [-0.2, -0.15) is 4.98 Å². The first-order chi connectivity index (χ1) is 14.4. The number of benzene rings is 1. The van der Waals surface area contributed by atoms with Crippen LogP contribution in [0.4, 0.5) is 0 Å². The first kappa shape index (κ1) is 23.6. The van der Waals surface area contributed by atoms with Crippen molar-refractivity contribution >= 4 is 31.1 Å². The Hall–Kier alpha value is -2.09. The van der Waals surface area contributed by atoms with E-state index in [4.69, 9.17) is 22.0 Å². The summed E-state index contributed by atoms with van der Waals surface area (Å²) in [7, 11) is -4.87. The molecule has 0 unspecified atom stereocenters. The van der Waals surface area contributed by atoms with Crippen molar-refractivity contribution in [3.05, 3.63) is 38.4 Å². The smallest absolute Gasteiger partial charge is 0.388 e. The molecule has 0 saturated carbocycles. The molecule has 12 nitrogen and oxygen atoms in total. The van der Waals surface area contributed by atoms with Crippen molar-refractivity contribution < 1.29 is 34.2 Å². The number of hydrogen-bond acceptors (Lipinski definition) is 9. The number of aliphatic hydroxyl groups excluding tert-OH is 3. The molecular formula is C17H21N4O8PS. The maximum Gasteiger partial charge on any atom is 0.469 e. The van der Waals surface area contributed by atoms with Crippen LogP contribution in [0.25, 0.3) is 22.6 Å². The second-order valence-electron chi connectivity index (χ2n) is 7.10. The molecule has 0 aliphatic carbocycles. The van der Waals surface area contributed by atoms with Gasteiger partial charge in [0.25, 0.3) is 0 Å². The van der Waals surface area contributed by atoms with Gasteiger partial charge in [0.1, 0.15) is 28.6 Å². The monoisotopic (exact) mass is 472 g/mol. The fraction of sp³-hybridized carbons (Fsp3) is 0.412. The number of rotatable bonds is 7. The van der Waals surface area contributed by atoms with Crippen LogP contribution in [0.1, 0.15) is 11.1 Å². The molecule has 0 amide bonds. The lowest BCUT2D eigenvalue weighted by atomic mass is 10.1. The summed E-state index contributed by atoms with van der Waals surface area (Å²) in [6.45, 7) is 2.51. The summed E-state index contributed by atoms with van der Waals surface area (Å²) in [5.41, 5.74) is 2.33. The average Bonchev–Trinajstić information content (AvgIpc) is 2.67. The molecule has 0 fully saturated rings. The van der Waals surface area contributed by atoms with Gasteiger partial charge < -0.3 is 29.7 Å². The molecule has 2 aliphatic rings. The highest BCUT2D eigenvalue weighted by Crippen LogP contribution is 2.36. The van der Waals surface area contributed by atoms with Crippen molar-refractivity contribution in [2.45, 2.75) is 38.7 Å². The maximum absolute atomic E-state index is 11.9. The molecule has 31 heavy (non-hydrogen) atoms. The van der Waals surface area contributed by atoms with Crippen LogP contribution in [0.2, 0.25) is 0 Å². The van der Waals surface area contributed by atoms with Crippen LogP contribution in [-0.4, -0.2) is 69.5 Å². The zero-order valence-corrected chi connectivity index (χ0v) is 18.2. The predicted octanol–water partition coefficient (Wildman–Crippen LogP) is -0.237. The molecule has 6 N–H and O–H groups in total. The van der Waals surface area contributed by atoms with E-state index in [2.05, 4.69) is 19.5 Å². The zero-order valence-electron chi connectivity index (χ0n) is 16.5. The van der Waals surface area contributed by atoms with Gasteiger partial charge >= 0.3 is 13.5 Å². The number of aromatic amines is 1. The van der Waals surface area contributed by atoms with Crippen molar-refractivity contribution in [1.29, 1.82) is 0 Å². The van der Waals surface area contributed by atoms with E-state index in [1.807, 2.05) is 13.8 Å². The fourth-order valence-electron chi connectivity index (χ4n) is 3.06. The highest BCUT2D eigenvalue weighted by Gasteiger charge is 2.29. The van der Waals surface area contributed by atoms with E-state index >= 15 is 0 Å². The summed E-state index contributed by atoms with van der Waals surface area (Å²) < 4.78 is 16.5. The number of aryl methyl sites for hydroxylation is 2. The number of H-pyrrole nitrogens is 1. The summed E-state index contributed by atoms with van der Waals surface area (Å²) in [5, 5.41) is 30.7. The lowest BCUT2D eigenvalue weighted by Crippen LogP contribution is -2.42. The third-order valence-electron chi connectivity index (χ3n) is 4.80. The van der Waals surface area contributed by atoms with Crippen LogP contribution in [-0.2, 0) is 15.6 Å². The molecule has 3 atom stereocenters. The first-order valence-corrected chi connectivity index (χ1v) is 11.0. The van der Waals surface area contributed by atoms with Crippen molar-refractivity contribution in [3.63, 3.8) is 0 Å². The van der Waals surface area contributed by atoms with Gasteiger partial charge in [-0.25, -0.2) is 14.3 Å². The quantitative estimate of drug-likeness (QED) is 0.151. The molecule has 0 spiro atoms. The predicted molar refractivity (Wildman–Crippen MR) is 111 cm³/mol. The Labute approximate surface area is 180 Å². The zero-order chi connectivity index (χ0) is 23.1. The van der Waals surface area contributed by atoms with E-state index in [1.54, 1.807) is 12.1 Å². The highest BCUT2D eigenvalue weighted by atomic mass is 32.1. The lowest BCUT2D eigenvalue weighted by Gasteiger charge is -2.26. The normalized spacial score (nSPS) is 15.3. The molecule has 0 radical (unpaired) electrons. The van der Waals surface area contributed by atoms with Crippen LogP contribution in [0.3, 0.4) is 0 Å². The minimum absolute atomic E-state index is 0.0500. The number of nitrogens with one attached hydrogen (secondary N) is 1. The number of aromatic nitrogens is 4. The summed E-state index contributed by atoms with van der Waals surface area (Å²) in [6, 6.07) is 3.57. The summed E-state index contributed by atoms with van der Waals surface area (Å²) in [4.78, 5) is 40.1. The summed E-state index contributed by atoms with van der Waals surface area (Å²) >= 11 is 5.18. The third-order valence-corrected chi connectivity index (χ3v) is 5.58. The van der Waals surface area contributed by atoms with Gasteiger partial charge in [-0.15, -0.1) is 0 Å². The van der Waals surface area contributed by atoms with Gasteiger partial charge in [0, 0.05) is 0 Å². The number of phosphoric acid groups is 1. The molecule has 168 valence electrons. The van der Waals surface area contributed by atoms with E-state index in [0.29, 0.717) is 11.0 Å². The Bertz CT molecular complexity index is 1260. The first-order valence-electron chi connectivity index (χ1n) is 9.03. The molecule has 1 aromatic carbocycles. The molecule has 2 aliphatic heterocycles. The highest BCUT2D eigenvalue weighted by molar-refractivity contribution is 7.71. The number of nitrogens with zero attached hydrogens (tertiary/aromatic N) is 3. The number of hydrogen-bond donors (Lipinski definition) is 6. The van der Waals surface area contributed by atoms with Crippen LogP contribution < -0.4 is 5.69 Å². The molecule has 3 rings (SSSR count). The molecule has 1 aromatic rings. The van der Waals surface area contributed by atoms with Gasteiger partial charge in [0.15, 0.2) is 5.82 Å². The molecule has 14 heteroatoms. The Morgan fingerprint density at radius 2 is 1.81 bits per heavy atom. The third kappa shape index (κ3) is 5.22. The largest absolute Gasteiger partial charge is 0.469 e. The number of fused-ring (bicyclic) bond motifs is 2. The van der Waals surface area contributed by atoms with E-state index in [-0.39, 0.29) is 22.7 Å². The standard InChI is InChI=1S/C17H21N4O8PS/c1-7-3-9-10(4-8(7)2)21(15-13(18-9)16(31)20-17(25)19-15)5-11(22)14(24)12(23)6-29-30(26,27)28/h3-4,11-12,14,22-24H,5-6H2,1-2H3,(H,20,25,31)(H2,26,27,28)/t11-,12+,14-/m0/s1. The Morgan fingerprint density at radius 3 is 2.45 bits per heavy atom. The van der Waals surface area contributed by atoms with Gasteiger partial charge in [-0.3, -0.25) is 9.51 Å². The van der Waals surface area contributed by atoms with E-state index < -0.39 is 38.4 Å². The maximum atomic E-state index is 11.9. The summed E-state index contributed by atoms with van der Waals surface area (Å²) in [6.07, 6.45) is -5.24. The van der Waals surface area contributed by atoms with E-state index in [9.17, 15) is 24.7 Å². The van der Waals surface area contributed by atoms with E-state index in [1.165, 1.54) is 4.57 Å². The van der Waals surface area contributed by atoms with Gasteiger partial charge in [0.05, 0.1) is 24.2 Å². The minimum atomic E-state index is -4.87. The number of aliphatic hydroxyl groups is 3. The average molecular weight is 472 g/mol. The number of phosphoric ester groups is 1. The molecule has 0 saturated heterocycles. The van der Waals surface area contributed by atoms with Crippen LogP contribution in [0.15, 0.2) is 16.9 Å². The van der Waals surface area contributed by atoms with Crippen molar-refractivity contribution in [3.8, 4) is 11.5 Å². The lowest BCUT2D eigenvalue weighted by molar-refractivity contribution is -0.0793. The Morgan fingerprint density at radius 1 is 1.16 bits per heavy atom. The van der Waals surface area contributed by atoms with Crippen molar-refractivity contribution in [2.24, 2.45) is 0 Å². The second-order valence-corrected chi connectivity index (χ2v) is 8.75. The topological polar surface area (TPSA) is 191 Å². The van der Waals surface area contributed by atoms with Gasteiger partial charge in [-0.05, 0) is 37.1 Å². The minimum Gasteiger partial charge on any atom is -0.388 e. The molecule has 0 bridgehead atoms.